The molecule has 154 valence electrons. The summed E-state index contributed by atoms with van der Waals surface area (Å²) in [6, 6.07) is 1.66. The zero-order chi connectivity index (χ0) is 18.7. The summed E-state index contributed by atoms with van der Waals surface area (Å²) in [6.45, 7) is 0.504. The van der Waals surface area contributed by atoms with Gasteiger partial charge in [-0.15, -0.1) is 35.3 Å². The van der Waals surface area contributed by atoms with Crippen LogP contribution >= 0.6 is 35.3 Å². The number of aliphatic imine (C=N–C) groups is 1. The molecule has 5 nitrogen and oxygen atoms in total. The van der Waals surface area contributed by atoms with Gasteiger partial charge in [0.05, 0.1) is 5.01 Å². The van der Waals surface area contributed by atoms with Gasteiger partial charge in [-0.1, -0.05) is 6.42 Å². The molecule has 27 heavy (non-hydrogen) atoms. The zero-order valence-electron chi connectivity index (χ0n) is 15.6. The number of rotatable bonds is 4. The van der Waals surface area contributed by atoms with Crippen molar-refractivity contribution in [2.24, 2.45) is 4.99 Å². The fourth-order valence-electron chi connectivity index (χ4n) is 3.97. The van der Waals surface area contributed by atoms with Gasteiger partial charge in [0.2, 0.25) is 0 Å². The minimum Gasteiger partial charge on any atom is -0.356 e. The molecule has 10 heteroatoms. The fourth-order valence-corrected chi connectivity index (χ4v) is 4.77. The van der Waals surface area contributed by atoms with Gasteiger partial charge in [-0.25, -0.2) is 4.98 Å². The van der Waals surface area contributed by atoms with E-state index in [-0.39, 0.29) is 24.0 Å². The van der Waals surface area contributed by atoms with Crippen molar-refractivity contribution in [3.8, 4) is 0 Å². The van der Waals surface area contributed by atoms with Crippen LogP contribution in [0.5, 0.6) is 0 Å². The van der Waals surface area contributed by atoms with Crippen LogP contribution in [0.3, 0.4) is 0 Å². The minimum absolute atomic E-state index is 0. The summed E-state index contributed by atoms with van der Waals surface area (Å²) in [4.78, 5) is 10.4. The molecule has 0 amide bonds. The molecule has 0 saturated carbocycles. The Bertz CT molecular complexity index is 622. The van der Waals surface area contributed by atoms with Crippen molar-refractivity contribution in [3.63, 3.8) is 0 Å². The van der Waals surface area contributed by atoms with E-state index in [4.69, 9.17) is 0 Å². The first-order valence-corrected chi connectivity index (χ1v) is 9.95. The third-order valence-electron chi connectivity index (χ3n) is 5.38. The average Bonchev–Trinajstić information content (AvgIpc) is 3.04. The Morgan fingerprint density at radius 1 is 1.33 bits per heavy atom. The van der Waals surface area contributed by atoms with Gasteiger partial charge in [-0.3, -0.25) is 4.99 Å². The molecule has 3 heterocycles. The van der Waals surface area contributed by atoms with Gasteiger partial charge in [0.1, 0.15) is 0 Å². The molecule has 2 aliphatic rings. The molecule has 2 aliphatic heterocycles. The van der Waals surface area contributed by atoms with Crippen LogP contribution in [0.1, 0.15) is 42.8 Å². The van der Waals surface area contributed by atoms with Crippen LogP contribution in [0.15, 0.2) is 10.4 Å². The molecular formula is C17H27F3IN5S. The van der Waals surface area contributed by atoms with Gasteiger partial charge in [0.25, 0.3) is 0 Å². The molecule has 1 aromatic heterocycles. The standard InChI is InChI=1S/C17H26F3N5S.HI/c1-21-16(22-7-6-15-24-14(10-26-15)17(18,19)20)23-11-8-12-4-3-5-13(9-11)25(12)2;/h10-13H,3-9H2,1-2H3,(H2,21,22,23);1H. The first kappa shape index (κ1) is 22.7. The van der Waals surface area contributed by atoms with E-state index < -0.39 is 11.9 Å². The lowest BCUT2D eigenvalue weighted by molar-refractivity contribution is -0.140. The molecule has 3 rings (SSSR count). The summed E-state index contributed by atoms with van der Waals surface area (Å²) < 4.78 is 37.8. The Balaban J connectivity index is 0.00000261. The Kier molecular flexibility index (Phi) is 8.17. The number of alkyl halides is 3. The molecule has 2 fully saturated rings. The quantitative estimate of drug-likeness (QED) is 0.365. The molecule has 2 unspecified atom stereocenters. The van der Waals surface area contributed by atoms with Crippen LogP contribution < -0.4 is 10.6 Å². The fraction of sp³-hybridized carbons (Fsp3) is 0.765. The molecule has 0 radical (unpaired) electrons. The smallest absolute Gasteiger partial charge is 0.356 e. The number of thiazole rings is 1. The summed E-state index contributed by atoms with van der Waals surface area (Å²) in [6.07, 6.45) is 2.11. The lowest BCUT2D eigenvalue weighted by atomic mass is 9.82. The van der Waals surface area contributed by atoms with E-state index in [0.29, 0.717) is 42.1 Å². The first-order chi connectivity index (χ1) is 12.4. The SMILES string of the molecule is CN=C(NCCc1nc(C(F)(F)F)cs1)NC1CC2CCCC(C1)N2C.I. The second-order valence-corrected chi connectivity index (χ2v) is 8.03. The Morgan fingerprint density at radius 2 is 2.00 bits per heavy atom. The van der Waals surface area contributed by atoms with Crippen LogP contribution in [0.4, 0.5) is 13.2 Å². The number of aromatic nitrogens is 1. The maximum absolute atomic E-state index is 12.6. The molecular weight excluding hydrogens is 490 g/mol. The maximum atomic E-state index is 12.6. The third-order valence-corrected chi connectivity index (χ3v) is 6.29. The molecule has 1 aromatic rings. The van der Waals surface area contributed by atoms with Crippen LogP contribution in [0.2, 0.25) is 0 Å². The summed E-state index contributed by atoms with van der Waals surface area (Å²) >= 11 is 1.05. The summed E-state index contributed by atoms with van der Waals surface area (Å²) in [5.74, 6) is 0.713. The van der Waals surface area contributed by atoms with Crippen LogP contribution in [-0.4, -0.2) is 54.6 Å². The number of guanidine groups is 1. The van der Waals surface area contributed by atoms with Crippen LogP contribution in [0, 0.1) is 0 Å². The third kappa shape index (κ3) is 5.93. The normalized spacial score (nSPS) is 26.4. The number of hydrogen-bond donors (Lipinski definition) is 2. The monoisotopic (exact) mass is 517 g/mol. The van der Waals surface area contributed by atoms with Crippen LogP contribution in [0.25, 0.3) is 0 Å². The van der Waals surface area contributed by atoms with E-state index in [1.54, 1.807) is 7.05 Å². The van der Waals surface area contributed by atoms with Crippen LogP contribution in [-0.2, 0) is 12.6 Å². The Morgan fingerprint density at radius 3 is 2.56 bits per heavy atom. The lowest BCUT2D eigenvalue weighted by Gasteiger charge is -2.47. The summed E-state index contributed by atoms with van der Waals surface area (Å²) in [5, 5.41) is 8.24. The number of piperidine rings is 2. The van der Waals surface area contributed by atoms with E-state index in [1.807, 2.05) is 0 Å². The van der Waals surface area contributed by atoms with Crippen molar-refractivity contribution in [2.45, 2.75) is 62.8 Å². The number of nitrogens with zero attached hydrogens (tertiary/aromatic N) is 3. The second-order valence-electron chi connectivity index (χ2n) is 7.09. The largest absolute Gasteiger partial charge is 0.434 e. The van der Waals surface area contributed by atoms with Gasteiger partial charge in [0, 0.05) is 43.5 Å². The number of hydrogen-bond acceptors (Lipinski definition) is 4. The number of halogens is 4. The Hall–Kier alpha value is -0.620. The predicted molar refractivity (Wildman–Crippen MR) is 113 cm³/mol. The number of nitrogens with one attached hydrogen (secondary N) is 2. The highest BCUT2D eigenvalue weighted by Crippen LogP contribution is 2.32. The van der Waals surface area contributed by atoms with E-state index in [2.05, 4.69) is 32.6 Å². The Labute approximate surface area is 179 Å². The predicted octanol–water partition coefficient (Wildman–Crippen LogP) is 3.50. The zero-order valence-corrected chi connectivity index (χ0v) is 18.7. The first-order valence-electron chi connectivity index (χ1n) is 9.07. The summed E-state index contributed by atoms with van der Waals surface area (Å²) in [7, 11) is 3.94. The highest BCUT2D eigenvalue weighted by atomic mass is 127. The second kappa shape index (κ2) is 9.73. The van der Waals surface area contributed by atoms with Gasteiger partial charge >= 0.3 is 6.18 Å². The van der Waals surface area contributed by atoms with Gasteiger partial charge < -0.3 is 15.5 Å². The maximum Gasteiger partial charge on any atom is 0.434 e. The molecule has 2 bridgehead atoms. The van der Waals surface area contributed by atoms with E-state index in [9.17, 15) is 13.2 Å². The minimum atomic E-state index is -4.37. The van der Waals surface area contributed by atoms with E-state index in [1.165, 1.54) is 19.3 Å². The molecule has 2 N–H and O–H groups in total. The van der Waals surface area contributed by atoms with Crippen molar-refractivity contribution in [1.29, 1.82) is 0 Å². The van der Waals surface area contributed by atoms with Crippen molar-refractivity contribution < 1.29 is 13.2 Å². The molecule has 0 aromatic carbocycles. The van der Waals surface area contributed by atoms with Gasteiger partial charge in [-0.2, -0.15) is 13.2 Å². The average molecular weight is 517 g/mol. The molecule has 2 atom stereocenters. The number of fused-ring (bicyclic) bond motifs is 2. The van der Waals surface area contributed by atoms with E-state index in [0.717, 1.165) is 29.6 Å². The lowest BCUT2D eigenvalue weighted by Crippen LogP contribution is -2.56. The van der Waals surface area contributed by atoms with Crippen molar-refractivity contribution in [3.05, 3.63) is 16.1 Å². The topological polar surface area (TPSA) is 52.6 Å². The van der Waals surface area contributed by atoms with Gasteiger partial charge in [-0.05, 0) is 32.7 Å². The van der Waals surface area contributed by atoms with Gasteiger partial charge in [0.15, 0.2) is 11.7 Å². The molecule has 2 saturated heterocycles. The summed E-state index contributed by atoms with van der Waals surface area (Å²) in [5.41, 5.74) is -0.808. The van der Waals surface area contributed by atoms with Crippen molar-refractivity contribution >= 4 is 41.3 Å². The van der Waals surface area contributed by atoms with Crippen molar-refractivity contribution in [2.75, 3.05) is 20.6 Å². The molecule has 0 spiro atoms. The highest BCUT2D eigenvalue weighted by molar-refractivity contribution is 14.0. The van der Waals surface area contributed by atoms with E-state index >= 15 is 0 Å². The molecule has 0 aliphatic carbocycles. The highest BCUT2D eigenvalue weighted by Gasteiger charge is 2.36. The van der Waals surface area contributed by atoms with Crippen molar-refractivity contribution in [1.82, 2.24) is 20.5 Å².